The molecule has 1 aromatic carbocycles. The summed E-state index contributed by atoms with van der Waals surface area (Å²) in [4.78, 5) is 16.8. The Balaban J connectivity index is 0.000000501. The maximum atomic E-state index is 12.4. The number of aromatic nitrogens is 1. The molecule has 2 aromatic rings. The van der Waals surface area contributed by atoms with E-state index in [2.05, 4.69) is 4.98 Å². The van der Waals surface area contributed by atoms with E-state index in [9.17, 15) is 4.79 Å². The van der Waals surface area contributed by atoms with Crippen LogP contribution in [0, 0.1) is 63.7 Å². The number of carbonyl (C=O) groups excluding carboxylic acids is 1. The molecule has 2 N–H and O–H groups in total. The molecule has 1 aromatic heterocycles. The third-order valence-electron chi connectivity index (χ3n) is 4.44. The summed E-state index contributed by atoms with van der Waals surface area (Å²) in [5.41, 5.74) is 8.63. The second kappa shape index (κ2) is 12.7. The van der Waals surface area contributed by atoms with E-state index >= 15 is 0 Å². The number of nitrogens with two attached hydrogens (primary N) is 1. The molecule has 0 saturated heterocycles. The van der Waals surface area contributed by atoms with Gasteiger partial charge in [0.1, 0.15) is 17.1 Å². The summed E-state index contributed by atoms with van der Waals surface area (Å²) in [7, 11) is 1.61. The third-order valence-corrected chi connectivity index (χ3v) is 4.44. The fraction of sp³-hybridized carbons (Fsp3) is 0.120. The first kappa shape index (κ1) is 25.2. The van der Waals surface area contributed by atoms with Gasteiger partial charge in [-0.15, -0.1) is 0 Å². The summed E-state index contributed by atoms with van der Waals surface area (Å²) in [5, 5.41) is 0. The Morgan fingerprint density at radius 2 is 1.55 bits per heavy atom. The molecule has 0 aliphatic heterocycles. The Bertz CT molecular complexity index is 822. The Morgan fingerprint density at radius 3 is 2.06 bits per heavy atom. The number of rotatable bonds is 5. The number of carbonyl (C=O) groups is 1. The fourth-order valence-corrected chi connectivity index (χ4v) is 2.99. The van der Waals surface area contributed by atoms with Crippen molar-refractivity contribution < 1.29 is 31.3 Å². The van der Waals surface area contributed by atoms with Crippen LogP contribution in [-0.2, 0) is 21.8 Å². The van der Waals surface area contributed by atoms with Crippen LogP contribution in [-0.4, -0.2) is 24.7 Å². The van der Waals surface area contributed by atoms with Crippen LogP contribution in [0.3, 0.4) is 0 Å². The van der Waals surface area contributed by atoms with Gasteiger partial charge in [-0.3, -0.25) is 0 Å². The quantitative estimate of drug-likeness (QED) is 0.537. The Hall–Kier alpha value is -2.04. The number of hydrogen-bond acceptors (Lipinski definition) is 5. The van der Waals surface area contributed by atoms with Gasteiger partial charge in [0.05, 0.1) is 19.4 Å². The maximum absolute atomic E-state index is 12.4. The summed E-state index contributed by atoms with van der Waals surface area (Å²) < 4.78 is 10.4. The van der Waals surface area contributed by atoms with Gasteiger partial charge in [-0.1, -0.05) is 12.1 Å². The molecular weight excluding hydrogens is 432 g/mol. The molecule has 6 heteroatoms. The normalized spacial score (nSPS) is 15.5. The zero-order chi connectivity index (χ0) is 21.3. The number of pyridine rings is 1. The number of esters is 1. The van der Waals surface area contributed by atoms with Crippen molar-refractivity contribution in [1.29, 1.82) is 0 Å². The minimum Gasteiger partial charge on any atom is -0.497 e. The van der Waals surface area contributed by atoms with Crippen LogP contribution in [0.4, 0.5) is 5.82 Å². The molecule has 2 saturated carbocycles. The van der Waals surface area contributed by atoms with Gasteiger partial charge in [-0.05, 0) is 88.5 Å². The van der Waals surface area contributed by atoms with Crippen molar-refractivity contribution in [3.63, 3.8) is 0 Å². The molecule has 5 nitrogen and oxygen atoms in total. The van der Waals surface area contributed by atoms with Crippen LogP contribution < -0.4 is 10.5 Å². The van der Waals surface area contributed by atoms with Gasteiger partial charge < -0.3 is 15.2 Å². The van der Waals surface area contributed by atoms with E-state index in [1.807, 2.05) is 88.1 Å². The van der Waals surface area contributed by atoms with Crippen LogP contribution in [0.1, 0.15) is 23.0 Å². The van der Waals surface area contributed by atoms with Crippen molar-refractivity contribution in [2.45, 2.75) is 6.92 Å². The van der Waals surface area contributed by atoms with Gasteiger partial charge in [-0.25, -0.2) is 9.78 Å². The summed E-state index contributed by atoms with van der Waals surface area (Å²) in [6.45, 7) is 2.03. The van der Waals surface area contributed by atoms with Crippen LogP contribution in [0.15, 0.2) is 30.3 Å². The smallest absolute Gasteiger partial charge is 0.497 e. The van der Waals surface area contributed by atoms with Gasteiger partial charge in [0.25, 0.3) is 0 Å². The zero-order valence-corrected chi connectivity index (χ0v) is 18.5. The minimum absolute atomic E-state index is 0. The molecule has 0 amide bonds. The first-order chi connectivity index (χ1) is 14.6. The van der Waals surface area contributed by atoms with Crippen molar-refractivity contribution in [2.24, 2.45) is 0 Å². The second-order valence-electron chi connectivity index (χ2n) is 6.40. The molecule has 1 heterocycles. The SMILES string of the molecule is CCOC(=O)c1c(-c2ccc(OC)cc2)cc([C]2[CH][CH][CH][CH]2)nc1N.[CH]1[CH][CH][CH][CH]1.[Fe+2]. The van der Waals surface area contributed by atoms with Crippen molar-refractivity contribution >= 4 is 11.8 Å². The monoisotopic (exact) mass is 456 g/mol. The molecule has 0 spiro atoms. The number of nitrogen functional groups attached to an aromatic ring is 1. The third kappa shape index (κ3) is 6.72. The van der Waals surface area contributed by atoms with Gasteiger partial charge in [0, 0.05) is 11.5 Å². The van der Waals surface area contributed by atoms with Crippen molar-refractivity contribution in [3.05, 3.63) is 105 Å². The van der Waals surface area contributed by atoms with Crippen LogP contribution >= 0.6 is 0 Å². The molecule has 31 heavy (non-hydrogen) atoms. The number of ether oxygens (including phenoxy) is 2. The van der Waals surface area contributed by atoms with E-state index in [1.54, 1.807) is 14.0 Å². The maximum Gasteiger partial charge on any atom is 2.00 e. The Morgan fingerprint density at radius 1 is 0.968 bits per heavy atom. The number of nitrogens with zero attached hydrogens (tertiary/aromatic N) is 1. The first-order valence-electron chi connectivity index (χ1n) is 9.65. The van der Waals surface area contributed by atoms with Crippen molar-refractivity contribution in [2.75, 3.05) is 19.5 Å². The van der Waals surface area contributed by atoms with E-state index in [4.69, 9.17) is 15.2 Å². The van der Waals surface area contributed by atoms with E-state index in [1.165, 1.54) is 0 Å². The first-order valence-corrected chi connectivity index (χ1v) is 9.65. The minimum atomic E-state index is -0.479. The van der Waals surface area contributed by atoms with Gasteiger partial charge in [0.2, 0.25) is 0 Å². The summed E-state index contributed by atoms with van der Waals surface area (Å²) in [5.74, 6) is 1.35. The molecule has 2 fully saturated rings. The number of hydrogen-bond donors (Lipinski definition) is 1. The molecule has 158 valence electrons. The van der Waals surface area contributed by atoms with Gasteiger partial charge in [0.15, 0.2) is 0 Å². The molecule has 2 aliphatic carbocycles. The zero-order valence-electron chi connectivity index (χ0n) is 17.4. The standard InChI is InChI=1S/C20H19N2O3.C5H5.Fe/c1-3-25-20(23)18-16(13-8-10-15(24-2)11-9-13)12-17(22-19(18)21)14-6-4-5-7-14;1-2-4-5-3-1;/h4-12H,3H2,1-2H3,(H2,21,22);1-5H;/q;;+2. The molecule has 10 radical (unpaired) electrons. The summed E-state index contributed by atoms with van der Waals surface area (Å²) in [6.07, 6.45) is 17.8. The number of methoxy groups -OCH3 is 1. The Kier molecular flexibility index (Phi) is 10.4. The predicted molar refractivity (Wildman–Crippen MR) is 118 cm³/mol. The average Bonchev–Trinajstić information content (AvgIpc) is 3.50. The van der Waals surface area contributed by atoms with Crippen molar-refractivity contribution in [1.82, 2.24) is 4.98 Å². The van der Waals surface area contributed by atoms with Crippen LogP contribution in [0.5, 0.6) is 5.75 Å². The predicted octanol–water partition coefficient (Wildman–Crippen LogP) is 4.29. The van der Waals surface area contributed by atoms with Crippen LogP contribution in [0.25, 0.3) is 11.1 Å². The molecular formula is C25H24FeN2O3+2. The topological polar surface area (TPSA) is 74.4 Å². The van der Waals surface area contributed by atoms with E-state index < -0.39 is 5.97 Å². The van der Waals surface area contributed by atoms with Crippen LogP contribution in [0.2, 0.25) is 0 Å². The van der Waals surface area contributed by atoms with Gasteiger partial charge in [-0.2, -0.15) is 0 Å². The van der Waals surface area contributed by atoms with Crippen molar-refractivity contribution in [3.8, 4) is 16.9 Å². The van der Waals surface area contributed by atoms with E-state index in [0.29, 0.717) is 11.3 Å². The van der Waals surface area contributed by atoms with Gasteiger partial charge >= 0.3 is 23.0 Å². The second-order valence-corrected chi connectivity index (χ2v) is 6.40. The summed E-state index contributed by atoms with van der Waals surface area (Å²) >= 11 is 0. The summed E-state index contributed by atoms with van der Waals surface area (Å²) in [6, 6.07) is 9.29. The Labute approximate surface area is 196 Å². The average molecular weight is 456 g/mol. The number of benzene rings is 1. The largest absolute Gasteiger partial charge is 2.00 e. The molecule has 4 rings (SSSR count). The van der Waals surface area contributed by atoms with E-state index in [-0.39, 0.29) is 35.1 Å². The molecule has 2 aliphatic rings. The molecule has 0 bridgehead atoms. The fourth-order valence-electron chi connectivity index (χ4n) is 2.99. The number of anilines is 1. The van der Waals surface area contributed by atoms with E-state index in [0.717, 1.165) is 17.2 Å². The molecule has 0 unspecified atom stereocenters. The molecule has 0 atom stereocenters.